The number of nitrogens with zero attached hydrogens (tertiary/aromatic N) is 2. The quantitative estimate of drug-likeness (QED) is 0.356. The molecule has 1 aliphatic heterocycles. The first-order chi connectivity index (χ1) is 11.0. The molecular formula is C16H11BrN2O4. The Balaban J connectivity index is 1.92. The van der Waals surface area contributed by atoms with Gasteiger partial charge in [0.1, 0.15) is 0 Å². The molecule has 0 unspecified atom stereocenters. The molecule has 1 heterocycles. The van der Waals surface area contributed by atoms with E-state index in [9.17, 15) is 19.7 Å². The van der Waals surface area contributed by atoms with E-state index in [2.05, 4.69) is 15.9 Å². The van der Waals surface area contributed by atoms with Crippen LogP contribution in [0.3, 0.4) is 0 Å². The van der Waals surface area contributed by atoms with Crippen LogP contribution in [0, 0.1) is 10.1 Å². The number of imide groups is 1. The van der Waals surface area contributed by atoms with Crippen molar-refractivity contribution in [1.82, 2.24) is 4.90 Å². The van der Waals surface area contributed by atoms with Gasteiger partial charge in [0, 0.05) is 17.0 Å². The summed E-state index contributed by atoms with van der Waals surface area (Å²) in [6.45, 7) is 0.00967. The van der Waals surface area contributed by atoms with E-state index in [1.807, 2.05) is 0 Å². The van der Waals surface area contributed by atoms with Gasteiger partial charge >= 0.3 is 0 Å². The van der Waals surface area contributed by atoms with Crippen molar-refractivity contribution >= 4 is 33.4 Å². The van der Waals surface area contributed by atoms with E-state index in [0.29, 0.717) is 27.6 Å². The van der Waals surface area contributed by atoms with E-state index in [4.69, 9.17) is 0 Å². The second kappa shape index (κ2) is 5.92. The molecule has 7 heteroatoms. The van der Waals surface area contributed by atoms with E-state index >= 15 is 0 Å². The maximum atomic E-state index is 12.3. The number of benzene rings is 2. The zero-order valence-corrected chi connectivity index (χ0v) is 13.4. The highest BCUT2D eigenvalue weighted by atomic mass is 79.9. The predicted octanol–water partition coefficient (Wildman–Crippen LogP) is 3.29. The average Bonchev–Trinajstić information content (AvgIpc) is 2.80. The number of nitro groups is 1. The van der Waals surface area contributed by atoms with Crippen LogP contribution >= 0.6 is 15.9 Å². The minimum absolute atomic E-state index is 0.00967. The van der Waals surface area contributed by atoms with Crippen LogP contribution in [-0.2, 0) is 11.9 Å². The van der Waals surface area contributed by atoms with Crippen LogP contribution in [0.25, 0.3) is 0 Å². The molecule has 23 heavy (non-hydrogen) atoms. The highest BCUT2D eigenvalue weighted by Gasteiger charge is 2.35. The first-order valence-electron chi connectivity index (χ1n) is 6.80. The second-order valence-electron chi connectivity index (χ2n) is 5.10. The molecule has 0 radical (unpaired) electrons. The van der Waals surface area contributed by atoms with Gasteiger partial charge in [-0.05, 0) is 17.7 Å². The average molecular weight is 375 g/mol. The molecule has 0 saturated carbocycles. The summed E-state index contributed by atoms with van der Waals surface area (Å²) in [5, 5.41) is 11.5. The van der Waals surface area contributed by atoms with E-state index in [-0.39, 0.29) is 24.0 Å². The number of fused-ring (bicyclic) bond motifs is 1. The first kappa shape index (κ1) is 15.4. The van der Waals surface area contributed by atoms with Gasteiger partial charge in [-0.2, -0.15) is 0 Å². The Bertz CT molecular complexity index is 800. The van der Waals surface area contributed by atoms with Crippen molar-refractivity contribution in [3.63, 3.8) is 0 Å². The predicted molar refractivity (Wildman–Crippen MR) is 86.4 cm³/mol. The zero-order chi connectivity index (χ0) is 16.6. The number of hydrogen-bond donors (Lipinski definition) is 0. The van der Waals surface area contributed by atoms with Crippen molar-refractivity contribution in [2.75, 3.05) is 0 Å². The topological polar surface area (TPSA) is 80.5 Å². The van der Waals surface area contributed by atoms with E-state index in [0.717, 1.165) is 4.90 Å². The number of alkyl halides is 1. The smallest absolute Gasteiger partial charge is 0.270 e. The monoisotopic (exact) mass is 374 g/mol. The van der Waals surface area contributed by atoms with Crippen molar-refractivity contribution < 1.29 is 14.5 Å². The lowest BCUT2D eigenvalue weighted by molar-refractivity contribution is -0.385. The van der Waals surface area contributed by atoms with Crippen molar-refractivity contribution in [3.05, 3.63) is 74.8 Å². The van der Waals surface area contributed by atoms with E-state index in [1.54, 1.807) is 36.4 Å². The number of rotatable bonds is 4. The first-order valence-corrected chi connectivity index (χ1v) is 7.92. The Morgan fingerprint density at radius 3 is 2.17 bits per heavy atom. The minimum Gasteiger partial charge on any atom is -0.270 e. The van der Waals surface area contributed by atoms with Gasteiger partial charge in [-0.3, -0.25) is 24.6 Å². The molecule has 0 fully saturated rings. The van der Waals surface area contributed by atoms with Gasteiger partial charge in [0.15, 0.2) is 0 Å². The lowest BCUT2D eigenvalue weighted by atomic mass is 10.1. The van der Waals surface area contributed by atoms with Gasteiger partial charge in [-0.15, -0.1) is 0 Å². The number of carbonyl (C=O) groups excluding carboxylic acids is 2. The van der Waals surface area contributed by atoms with Gasteiger partial charge in [-0.25, -0.2) is 0 Å². The Labute approximate surface area is 140 Å². The van der Waals surface area contributed by atoms with E-state index in [1.165, 1.54) is 6.07 Å². The molecule has 6 nitrogen and oxygen atoms in total. The number of carbonyl (C=O) groups is 2. The van der Waals surface area contributed by atoms with Crippen LogP contribution in [0.4, 0.5) is 5.69 Å². The number of amides is 2. The molecule has 0 N–H and O–H groups in total. The highest BCUT2D eigenvalue weighted by Crippen LogP contribution is 2.27. The van der Waals surface area contributed by atoms with Crippen LogP contribution in [0.2, 0.25) is 0 Å². The third-order valence-corrected chi connectivity index (χ3v) is 4.31. The van der Waals surface area contributed by atoms with Crippen LogP contribution in [0.1, 0.15) is 31.8 Å². The fourth-order valence-corrected chi connectivity index (χ4v) is 3.03. The molecule has 2 aromatic rings. The molecular weight excluding hydrogens is 364 g/mol. The summed E-state index contributed by atoms with van der Waals surface area (Å²) in [7, 11) is 0. The molecule has 0 saturated heterocycles. The lowest BCUT2D eigenvalue weighted by Crippen LogP contribution is -2.29. The molecule has 0 aromatic heterocycles. The molecule has 116 valence electrons. The lowest BCUT2D eigenvalue weighted by Gasteiger charge is -2.14. The third-order valence-electron chi connectivity index (χ3n) is 3.71. The number of nitro benzene ring substituents is 1. The molecule has 2 aromatic carbocycles. The van der Waals surface area contributed by atoms with Crippen molar-refractivity contribution in [3.8, 4) is 0 Å². The highest BCUT2D eigenvalue weighted by molar-refractivity contribution is 9.08. The van der Waals surface area contributed by atoms with Crippen molar-refractivity contribution in [1.29, 1.82) is 0 Å². The second-order valence-corrected chi connectivity index (χ2v) is 5.66. The van der Waals surface area contributed by atoms with Crippen molar-refractivity contribution in [2.24, 2.45) is 0 Å². The van der Waals surface area contributed by atoms with Crippen molar-refractivity contribution in [2.45, 2.75) is 11.9 Å². The summed E-state index contributed by atoms with van der Waals surface area (Å²) in [4.78, 5) is 36.4. The Morgan fingerprint density at radius 2 is 1.65 bits per heavy atom. The van der Waals surface area contributed by atoms with Crippen LogP contribution in [-0.4, -0.2) is 21.6 Å². The third kappa shape index (κ3) is 2.63. The maximum Gasteiger partial charge on any atom is 0.273 e. The molecule has 1 aliphatic rings. The maximum absolute atomic E-state index is 12.3. The van der Waals surface area contributed by atoms with Gasteiger partial charge < -0.3 is 0 Å². The normalized spacial score (nSPS) is 13.3. The molecule has 2 amide bonds. The molecule has 3 rings (SSSR count). The Hall–Kier alpha value is -2.54. The van der Waals surface area contributed by atoms with E-state index < -0.39 is 4.92 Å². The molecule has 0 atom stereocenters. The minimum atomic E-state index is -0.470. The van der Waals surface area contributed by atoms with Gasteiger partial charge in [0.25, 0.3) is 17.5 Å². The van der Waals surface area contributed by atoms with Gasteiger partial charge in [-0.1, -0.05) is 40.2 Å². The number of halogens is 1. The Morgan fingerprint density at radius 1 is 1.04 bits per heavy atom. The SMILES string of the molecule is O=C1c2ccccc2C(=O)N1Cc1ccc(CBr)c([N+](=O)[O-])c1. The summed E-state index contributed by atoms with van der Waals surface area (Å²) in [6.07, 6.45) is 0. The summed E-state index contributed by atoms with van der Waals surface area (Å²) in [6, 6.07) is 11.3. The fraction of sp³-hybridized carbons (Fsp3) is 0.125. The van der Waals surface area contributed by atoms with Crippen LogP contribution in [0.15, 0.2) is 42.5 Å². The summed E-state index contributed by atoms with van der Waals surface area (Å²) in [5.74, 6) is -0.754. The molecule has 0 spiro atoms. The zero-order valence-electron chi connectivity index (χ0n) is 11.9. The molecule has 0 bridgehead atoms. The fourth-order valence-electron chi connectivity index (χ4n) is 2.56. The number of hydrogen-bond acceptors (Lipinski definition) is 4. The summed E-state index contributed by atoms with van der Waals surface area (Å²) < 4.78 is 0. The largest absolute Gasteiger partial charge is 0.273 e. The standard InChI is InChI=1S/C16H11BrN2O4/c17-8-11-6-5-10(7-14(11)19(22)23)9-18-15(20)12-3-1-2-4-13(12)16(18)21/h1-7H,8-9H2. The van der Waals surface area contributed by atoms with Gasteiger partial charge in [0.2, 0.25) is 0 Å². The summed E-state index contributed by atoms with van der Waals surface area (Å²) >= 11 is 3.20. The van der Waals surface area contributed by atoms with Crippen LogP contribution in [0.5, 0.6) is 0 Å². The molecule has 0 aliphatic carbocycles. The van der Waals surface area contributed by atoms with Crippen LogP contribution < -0.4 is 0 Å². The summed E-state index contributed by atoms with van der Waals surface area (Å²) in [5.41, 5.74) is 1.78. The van der Waals surface area contributed by atoms with Gasteiger partial charge in [0.05, 0.1) is 22.6 Å². The Kier molecular flexibility index (Phi) is 3.96.